The fourth-order valence-corrected chi connectivity index (χ4v) is 3.55. The molecule has 158 valence electrons. The highest BCUT2D eigenvalue weighted by atomic mass is 16.5. The van der Waals surface area contributed by atoms with E-state index in [1.54, 1.807) is 12.3 Å². The Labute approximate surface area is 176 Å². The molecule has 0 radical (unpaired) electrons. The number of rotatable bonds is 9. The van der Waals surface area contributed by atoms with Crippen molar-refractivity contribution in [3.8, 4) is 0 Å². The van der Waals surface area contributed by atoms with Crippen LogP contribution in [-0.4, -0.2) is 23.1 Å². The Morgan fingerprint density at radius 1 is 1.13 bits per heavy atom. The molecule has 0 bridgehead atoms. The summed E-state index contributed by atoms with van der Waals surface area (Å²) in [6.45, 7) is 6.08. The first-order valence-corrected chi connectivity index (χ1v) is 10.2. The van der Waals surface area contributed by atoms with E-state index in [2.05, 4.69) is 12.2 Å². The lowest BCUT2D eigenvalue weighted by Gasteiger charge is -2.18. The van der Waals surface area contributed by atoms with Gasteiger partial charge in [0.2, 0.25) is 0 Å². The smallest absolute Gasteiger partial charge is 0.340 e. The van der Waals surface area contributed by atoms with Crippen LogP contribution in [0.1, 0.15) is 58.9 Å². The molecule has 1 N–H and O–H groups in total. The zero-order valence-corrected chi connectivity index (χ0v) is 17.7. The van der Waals surface area contributed by atoms with E-state index >= 15 is 0 Å². The molecular formula is C24H28N2O4. The molecule has 2 aromatic heterocycles. The van der Waals surface area contributed by atoms with Crippen LogP contribution in [0, 0.1) is 13.8 Å². The fraction of sp³-hybridized carbons (Fsp3) is 0.333. The van der Waals surface area contributed by atoms with E-state index in [9.17, 15) is 9.59 Å². The van der Waals surface area contributed by atoms with E-state index in [4.69, 9.17) is 9.15 Å². The largest absolute Gasteiger partial charge is 0.467 e. The van der Waals surface area contributed by atoms with E-state index < -0.39 is 5.97 Å². The van der Waals surface area contributed by atoms with E-state index in [1.165, 1.54) is 0 Å². The van der Waals surface area contributed by atoms with Crippen LogP contribution in [0.5, 0.6) is 0 Å². The van der Waals surface area contributed by atoms with E-state index in [0.29, 0.717) is 12.1 Å². The summed E-state index contributed by atoms with van der Waals surface area (Å²) in [5.41, 5.74) is 3.20. The van der Waals surface area contributed by atoms with Gasteiger partial charge in [0.15, 0.2) is 6.61 Å². The summed E-state index contributed by atoms with van der Waals surface area (Å²) in [5.74, 6) is -0.00952. The van der Waals surface area contributed by atoms with Crippen molar-refractivity contribution in [2.75, 3.05) is 6.61 Å². The van der Waals surface area contributed by atoms with Gasteiger partial charge in [-0.3, -0.25) is 4.79 Å². The quantitative estimate of drug-likeness (QED) is 0.527. The maximum absolute atomic E-state index is 12.6. The third-order valence-corrected chi connectivity index (χ3v) is 5.14. The summed E-state index contributed by atoms with van der Waals surface area (Å²) in [6.07, 6.45) is 3.37. The van der Waals surface area contributed by atoms with Crippen molar-refractivity contribution in [2.45, 2.75) is 46.2 Å². The van der Waals surface area contributed by atoms with Crippen LogP contribution in [0.25, 0.3) is 0 Å². The molecular weight excluding hydrogens is 380 g/mol. The first kappa shape index (κ1) is 21.4. The average Bonchev–Trinajstić information content (AvgIpc) is 3.36. The summed E-state index contributed by atoms with van der Waals surface area (Å²) in [4.78, 5) is 25.0. The molecule has 6 heteroatoms. The predicted molar refractivity (Wildman–Crippen MR) is 114 cm³/mol. The Morgan fingerprint density at radius 2 is 1.90 bits per heavy atom. The monoisotopic (exact) mass is 408 g/mol. The molecule has 0 aliphatic rings. The third-order valence-electron chi connectivity index (χ3n) is 5.14. The topological polar surface area (TPSA) is 73.5 Å². The molecule has 3 rings (SSSR count). The average molecular weight is 408 g/mol. The molecule has 1 aromatic carbocycles. The van der Waals surface area contributed by atoms with E-state index in [-0.39, 0.29) is 18.6 Å². The Balaban J connectivity index is 1.60. The number of amides is 1. The minimum atomic E-state index is -0.504. The van der Waals surface area contributed by atoms with Gasteiger partial charge in [0, 0.05) is 11.4 Å². The lowest BCUT2D eigenvalue weighted by atomic mass is 10.0. The van der Waals surface area contributed by atoms with Gasteiger partial charge in [0.25, 0.3) is 5.91 Å². The van der Waals surface area contributed by atoms with Crippen molar-refractivity contribution in [2.24, 2.45) is 0 Å². The molecule has 0 aliphatic heterocycles. The SMILES string of the molecule is CCCC(NC(=O)COC(=O)c1cc(C)n(Cc2ccco2)c1C)c1ccccc1. The van der Waals surface area contributed by atoms with Gasteiger partial charge in [-0.2, -0.15) is 0 Å². The summed E-state index contributed by atoms with van der Waals surface area (Å²) >= 11 is 0. The number of nitrogens with zero attached hydrogens (tertiary/aromatic N) is 1. The number of benzene rings is 1. The number of esters is 1. The van der Waals surface area contributed by atoms with Gasteiger partial charge >= 0.3 is 5.97 Å². The molecule has 6 nitrogen and oxygen atoms in total. The lowest BCUT2D eigenvalue weighted by Crippen LogP contribution is -2.32. The zero-order chi connectivity index (χ0) is 21.5. The van der Waals surface area contributed by atoms with Gasteiger partial charge in [0.05, 0.1) is 24.4 Å². The van der Waals surface area contributed by atoms with Crippen LogP contribution in [-0.2, 0) is 16.1 Å². The summed E-state index contributed by atoms with van der Waals surface area (Å²) in [7, 11) is 0. The van der Waals surface area contributed by atoms with Crippen molar-refractivity contribution in [1.82, 2.24) is 9.88 Å². The highest BCUT2D eigenvalue weighted by molar-refractivity contribution is 5.92. The number of hydrogen-bond donors (Lipinski definition) is 1. The van der Waals surface area contributed by atoms with Crippen LogP contribution in [0.2, 0.25) is 0 Å². The molecule has 0 spiro atoms. The molecule has 0 aliphatic carbocycles. The van der Waals surface area contributed by atoms with Crippen LogP contribution in [0.3, 0.4) is 0 Å². The zero-order valence-electron chi connectivity index (χ0n) is 17.7. The van der Waals surface area contributed by atoms with Crippen molar-refractivity contribution in [3.63, 3.8) is 0 Å². The van der Waals surface area contributed by atoms with E-state index in [0.717, 1.165) is 35.6 Å². The summed E-state index contributed by atoms with van der Waals surface area (Å²) in [5, 5.41) is 2.97. The van der Waals surface area contributed by atoms with Crippen LogP contribution >= 0.6 is 0 Å². The second-order valence-electron chi connectivity index (χ2n) is 7.35. The first-order chi connectivity index (χ1) is 14.5. The normalized spacial score (nSPS) is 11.8. The van der Waals surface area contributed by atoms with Crippen LogP contribution in [0.4, 0.5) is 0 Å². The highest BCUT2D eigenvalue weighted by Gasteiger charge is 2.20. The number of furan rings is 1. The fourth-order valence-electron chi connectivity index (χ4n) is 3.55. The summed E-state index contributed by atoms with van der Waals surface area (Å²) < 4.78 is 12.7. The van der Waals surface area contributed by atoms with Crippen LogP contribution < -0.4 is 5.32 Å². The number of aryl methyl sites for hydroxylation is 1. The molecule has 1 amide bonds. The molecule has 0 fully saturated rings. The molecule has 1 atom stereocenters. The molecule has 1 unspecified atom stereocenters. The standard InChI is InChI=1S/C24H28N2O4/c1-4-9-22(19-10-6-5-7-11-19)25-23(27)16-30-24(28)21-14-17(2)26(18(21)3)15-20-12-8-13-29-20/h5-8,10-14,22H,4,9,15-16H2,1-3H3,(H,25,27). The van der Waals surface area contributed by atoms with Crippen molar-refractivity contribution < 1.29 is 18.7 Å². The van der Waals surface area contributed by atoms with Gasteiger partial charge in [0.1, 0.15) is 5.76 Å². The number of hydrogen-bond acceptors (Lipinski definition) is 4. The van der Waals surface area contributed by atoms with Gasteiger partial charge in [-0.1, -0.05) is 43.7 Å². The minimum Gasteiger partial charge on any atom is -0.467 e. The number of nitrogens with one attached hydrogen (secondary N) is 1. The molecule has 3 aromatic rings. The molecule has 30 heavy (non-hydrogen) atoms. The van der Waals surface area contributed by atoms with Crippen LogP contribution in [0.15, 0.2) is 59.2 Å². The Hall–Kier alpha value is -3.28. The third kappa shape index (κ3) is 5.20. The maximum atomic E-state index is 12.6. The lowest BCUT2D eigenvalue weighted by molar-refractivity contribution is -0.125. The summed E-state index contributed by atoms with van der Waals surface area (Å²) in [6, 6.07) is 15.2. The van der Waals surface area contributed by atoms with E-state index in [1.807, 2.05) is 60.9 Å². The maximum Gasteiger partial charge on any atom is 0.340 e. The second-order valence-corrected chi connectivity index (χ2v) is 7.35. The van der Waals surface area contributed by atoms with Gasteiger partial charge in [-0.05, 0) is 44.0 Å². The molecule has 0 saturated heterocycles. The predicted octanol–water partition coefficient (Wildman–Crippen LogP) is 4.56. The Morgan fingerprint density at radius 3 is 2.57 bits per heavy atom. The number of carbonyl (C=O) groups is 2. The highest BCUT2D eigenvalue weighted by Crippen LogP contribution is 2.19. The number of carbonyl (C=O) groups excluding carboxylic acids is 2. The van der Waals surface area contributed by atoms with Crippen molar-refractivity contribution in [1.29, 1.82) is 0 Å². The molecule has 2 heterocycles. The Kier molecular flexibility index (Phi) is 7.12. The number of aromatic nitrogens is 1. The molecule has 0 saturated carbocycles. The van der Waals surface area contributed by atoms with Gasteiger partial charge in [-0.25, -0.2) is 4.79 Å². The second kappa shape index (κ2) is 9.96. The minimum absolute atomic E-state index is 0.0965. The van der Waals surface area contributed by atoms with Gasteiger partial charge < -0.3 is 19.0 Å². The Bertz CT molecular complexity index is 974. The van der Waals surface area contributed by atoms with Gasteiger partial charge in [-0.15, -0.1) is 0 Å². The number of ether oxygens (including phenoxy) is 1. The van der Waals surface area contributed by atoms with Crippen molar-refractivity contribution >= 4 is 11.9 Å². The van der Waals surface area contributed by atoms with Crippen molar-refractivity contribution in [3.05, 3.63) is 83.1 Å². The first-order valence-electron chi connectivity index (χ1n) is 10.2.